The fraction of sp³-hybridized carbons (Fsp3) is 0.294. The third-order valence-corrected chi connectivity index (χ3v) is 4.70. The smallest absolute Gasteiger partial charge is 0.257 e. The summed E-state index contributed by atoms with van der Waals surface area (Å²) in [5, 5.41) is 3.77. The summed E-state index contributed by atoms with van der Waals surface area (Å²) in [5.41, 5.74) is 0.841. The maximum absolute atomic E-state index is 12.3. The SMILES string of the molecule is O=C(Nc1ccc(Cl)c(Cl)c1)c1cnc(OC2CCOCC2)c(Cl)c1. The summed E-state index contributed by atoms with van der Waals surface area (Å²) >= 11 is 18.0. The summed E-state index contributed by atoms with van der Waals surface area (Å²) < 4.78 is 11.1. The van der Waals surface area contributed by atoms with Crippen LogP contribution in [0, 0.1) is 0 Å². The summed E-state index contributed by atoms with van der Waals surface area (Å²) in [6, 6.07) is 6.36. The van der Waals surface area contributed by atoms with E-state index in [0.29, 0.717) is 40.4 Å². The van der Waals surface area contributed by atoms with Crippen molar-refractivity contribution in [3.8, 4) is 5.88 Å². The predicted octanol–water partition coefficient (Wildman–Crippen LogP) is 4.85. The Balaban J connectivity index is 1.68. The van der Waals surface area contributed by atoms with Gasteiger partial charge in [0, 0.05) is 24.7 Å². The predicted molar refractivity (Wildman–Crippen MR) is 98.1 cm³/mol. The number of benzene rings is 1. The molecule has 0 spiro atoms. The van der Waals surface area contributed by atoms with Gasteiger partial charge in [0.15, 0.2) is 0 Å². The van der Waals surface area contributed by atoms with E-state index in [0.717, 1.165) is 12.8 Å². The normalized spacial score (nSPS) is 15.0. The molecule has 1 amide bonds. The minimum absolute atomic E-state index is 0.0228. The first kappa shape index (κ1) is 18.3. The van der Waals surface area contributed by atoms with Gasteiger partial charge in [0.05, 0.1) is 28.8 Å². The van der Waals surface area contributed by atoms with Crippen LogP contribution >= 0.6 is 34.8 Å². The number of carbonyl (C=O) groups is 1. The molecule has 2 aromatic rings. The fourth-order valence-corrected chi connectivity index (χ4v) is 2.87. The van der Waals surface area contributed by atoms with Crippen molar-refractivity contribution >= 4 is 46.4 Å². The second kappa shape index (κ2) is 8.23. The lowest BCUT2D eigenvalue weighted by molar-refractivity contribution is 0.0238. The molecule has 1 aliphatic heterocycles. The van der Waals surface area contributed by atoms with Crippen molar-refractivity contribution in [3.05, 3.63) is 51.1 Å². The molecular formula is C17H15Cl3N2O3. The summed E-state index contributed by atoms with van der Waals surface area (Å²) in [4.78, 5) is 16.5. The van der Waals surface area contributed by atoms with Gasteiger partial charge in [0.1, 0.15) is 11.1 Å². The molecule has 8 heteroatoms. The third-order valence-electron chi connectivity index (χ3n) is 3.69. The van der Waals surface area contributed by atoms with E-state index in [2.05, 4.69) is 10.3 Å². The average molecular weight is 402 g/mol. The number of hydrogen-bond acceptors (Lipinski definition) is 4. The van der Waals surface area contributed by atoms with Crippen LogP contribution in [0.4, 0.5) is 5.69 Å². The Hall–Kier alpha value is -1.53. The third kappa shape index (κ3) is 4.76. The molecule has 1 fully saturated rings. The minimum atomic E-state index is -0.356. The molecule has 2 heterocycles. The maximum Gasteiger partial charge on any atom is 0.257 e. The highest BCUT2D eigenvalue weighted by molar-refractivity contribution is 6.42. The van der Waals surface area contributed by atoms with E-state index in [9.17, 15) is 4.79 Å². The molecule has 1 aliphatic rings. The Morgan fingerprint density at radius 3 is 2.56 bits per heavy atom. The fourth-order valence-electron chi connectivity index (χ4n) is 2.37. The van der Waals surface area contributed by atoms with E-state index >= 15 is 0 Å². The molecule has 0 aliphatic carbocycles. The molecule has 0 unspecified atom stereocenters. The van der Waals surface area contributed by atoms with Crippen LogP contribution in [0.25, 0.3) is 0 Å². The Morgan fingerprint density at radius 2 is 1.88 bits per heavy atom. The van der Waals surface area contributed by atoms with Crippen molar-refractivity contribution in [2.45, 2.75) is 18.9 Å². The highest BCUT2D eigenvalue weighted by Gasteiger charge is 2.18. The first-order valence-electron chi connectivity index (χ1n) is 7.69. The van der Waals surface area contributed by atoms with Gasteiger partial charge in [-0.05, 0) is 24.3 Å². The van der Waals surface area contributed by atoms with E-state index in [1.54, 1.807) is 18.2 Å². The number of halogens is 3. The lowest BCUT2D eigenvalue weighted by Crippen LogP contribution is -2.26. The lowest BCUT2D eigenvalue weighted by atomic mass is 10.1. The number of ether oxygens (including phenoxy) is 2. The van der Waals surface area contributed by atoms with Crippen molar-refractivity contribution in [2.24, 2.45) is 0 Å². The van der Waals surface area contributed by atoms with Crippen LogP contribution in [-0.2, 0) is 4.74 Å². The van der Waals surface area contributed by atoms with Crippen LogP contribution in [-0.4, -0.2) is 30.2 Å². The summed E-state index contributed by atoms with van der Waals surface area (Å²) in [6.45, 7) is 1.32. The van der Waals surface area contributed by atoms with Crippen LogP contribution in [0.1, 0.15) is 23.2 Å². The Bertz CT molecular complexity index is 780. The molecule has 0 atom stereocenters. The van der Waals surface area contributed by atoms with Crippen LogP contribution in [0.15, 0.2) is 30.5 Å². The van der Waals surface area contributed by atoms with E-state index in [-0.39, 0.29) is 17.0 Å². The molecule has 1 N–H and O–H groups in total. The average Bonchev–Trinajstić information content (AvgIpc) is 2.61. The lowest BCUT2D eigenvalue weighted by Gasteiger charge is -2.23. The zero-order valence-electron chi connectivity index (χ0n) is 13.1. The van der Waals surface area contributed by atoms with Crippen LogP contribution in [0.2, 0.25) is 15.1 Å². The monoisotopic (exact) mass is 400 g/mol. The zero-order chi connectivity index (χ0) is 17.8. The van der Waals surface area contributed by atoms with Crippen molar-refractivity contribution in [1.82, 2.24) is 4.98 Å². The quantitative estimate of drug-likeness (QED) is 0.795. The number of aromatic nitrogens is 1. The second-order valence-corrected chi connectivity index (χ2v) is 6.75. The molecule has 25 heavy (non-hydrogen) atoms. The van der Waals surface area contributed by atoms with Gasteiger partial charge in [-0.25, -0.2) is 4.98 Å². The van der Waals surface area contributed by atoms with Gasteiger partial charge in [-0.1, -0.05) is 34.8 Å². The first-order valence-corrected chi connectivity index (χ1v) is 8.82. The van der Waals surface area contributed by atoms with Gasteiger partial charge < -0.3 is 14.8 Å². The second-order valence-electron chi connectivity index (χ2n) is 5.52. The van der Waals surface area contributed by atoms with E-state index in [4.69, 9.17) is 44.3 Å². The molecule has 3 rings (SSSR count). The van der Waals surface area contributed by atoms with Gasteiger partial charge in [0.2, 0.25) is 5.88 Å². The number of nitrogens with one attached hydrogen (secondary N) is 1. The highest BCUT2D eigenvalue weighted by Crippen LogP contribution is 2.27. The molecular weight excluding hydrogens is 387 g/mol. The Kier molecular flexibility index (Phi) is 6.02. The van der Waals surface area contributed by atoms with Gasteiger partial charge >= 0.3 is 0 Å². The summed E-state index contributed by atoms with van der Waals surface area (Å²) in [5.74, 6) is -0.0370. The molecule has 132 valence electrons. The van der Waals surface area contributed by atoms with Gasteiger partial charge in [-0.15, -0.1) is 0 Å². The largest absolute Gasteiger partial charge is 0.473 e. The Morgan fingerprint density at radius 1 is 1.12 bits per heavy atom. The Labute approximate surface area is 160 Å². The molecule has 0 radical (unpaired) electrons. The van der Waals surface area contributed by atoms with Gasteiger partial charge in [-0.3, -0.25) is 4.79 Å². The molecule has 1 saturated heterocycles. The maximum atomic E-state index is 12.3. The van der Waals surface area contributed by atoms with Crippen LogP contribution in [0.3, 0.4) is 0 Å². The van der Waals surface area contributed by atoms with Gasteiger partial charge in [-0.2, -0.15) is 0 Å². The number of carbonyl (C=O) groups excluding carboxylic acids is 1. The van der Waals surface area contributed by atoms with Gasteiger partial charge in [0.25, 0.3) is 5.91 Å². The van der Waals surface area contributed by atoms with Crippen LogP contribution < -0.4 is 10.1 Å². The summed E-state index contributed by atoms with van der Waals surface area (Å²) in [7, 11) is 0. The molecule has 1 aromatic heterocycles. The number of hydrogen-bond donors (Lipinski definition) is 1. The van der Waals surface area contributed by atoms with E-state index in [1.165, 1.54) is 12.3 Å². The number of pyridine rings is 1. The van der Waals surface area contributed by atoms with Crippen molar-refractivity contribution < 1.29 is 14.3 Å². The number of anilines is 1. The van der Waals surface area contributed by atoms with Crippen molar-refractivity contribution in [1.29, 1.82) is 0 Å². The number of amides is 1. The highest BCUT2D eigenvalue weighted by atomic mass is 35.5. The standard InChI is InChI=1S/C17H15Cl3N2O3/c18-13-2-1-11(8-14(13)19)22-16(23)10-7-15(20)17(21-9-10)25-12-3-5-24-6-4-12/h1-2,7-9,12H,3-6H2,(H,22,23). The number of rotatable bonds is 4. The first-order chi connectivity index (χ1) is 12.0. The van der Waals surface area contributed by atoms with Crippen LogP contribution in [0.5, 0.6) is 5.88 Å². The van der Waals surface area contributed by atoms with E-state index < -0.39 is 0 Å². The zero-order valence-corrected chi connectivity index (χ0v) is 15.4. The van der Waals surface area contributed by atoms with Crippen molar-refractivity contribution in [2.75, 3.05) is 18.5 Å². The molecule has 0 bridgehead atoms. The van der Waals surface area contributed by atoms with Crippen molar-refractivity contribution in [3.63, 3.8) is 0 Å². The van der Waals surface area contributed by atoms with E-state index in [1.807, 2.05) is 0 Å². The number of nitrogens with zero attached hydrogens (tertiary/aromatic N) is 1. The molecule has 5 nitrogen and oxygen atoms in total. The molecule has 0 saturated carbocycles. The summed E-state index contributed by atoms with van der Waals surface area (Å²) in [6.07, 6.45) is 3.03. The molecule has 1 aromatic carbocycles. The topological polar surface area (TPSA) is 60.5 Å². The minimum Gasteiger partial charge on any atom is -0.473 e.